The van der Waals surface area contributed by atoms with E-state index < -0.39 is 0 Å². The van der Waals surface area contributed by atoms with Crippen molar-refractivity contribution in [2.24, 2.45) is 5.92 Å². The van der Waals surface area contributed by atoms with Gasteiger partial charge in [0.25, 0.3) is 0 Å². The van der Waals surface area contributed by atoms with E-state index in [1.807, 2.05) is 34.1 Å². The molecule has 2 N–H and O–H groups in total. The van der Waals surface area contributed by atoms with Gasteiger partial charge < -0.3 is 20.4 Å². The molecule has 0 radical (unpaired) electrons. The largest absolute Gasteiger partial charge is 0.325 e. The zero-order chi connectivity index (χ0) is 18.4. The Morgan fingerprint density at radius 3 is 2.52 bits per heavy atom. The molecular formula is C20H31ClN4O2. The SMILES string of the molecule is CCNCc1ccccc1NC(=O)C1CCCN(C(=O)N2CCCC2)C1.Cl. The van der Waals surface area contributed by atoms with Gasteiger partial charge in [-0.1, -0.05) is 25.1 Å². The van der Waals surface area contributed by atoms with Gasteiger partial charge in [0.1, 0.15) is 0 Å². The molecule has 0 saturated carbocycles. The Morgan fingerprint density at radius 2 is 1.78 bits per heavy atom. The van der Waals surface area contributed by atoms with Crippen LogP contribution in [-0.2, 0) is 11.3 Å². The second-order valence-corrected chi connectivity index (χ2v) is 7.19. The molecule has 27 heavy (non-hydrogen) atoms. The number of nitrogens with zero attached hydrogens (tertiary/aromatic N) is 2. The van der Waals surface area contributed by atoms with Crippen molar-refractivity contribution in [1.29, 1.82) is 0 Å². The zero-order valence-electron chi connectivity index (χ0n) is 16.1. The molecule has 1 unspecified atom stereocenters. The number of benzene rings is 1. The monoisotopic (exact) mass is 394 g/mol. The normalized spacial score (nSPS) is 19.5. The third kappa shape index (κ3) is 5.59. The lowest BCUT2D eigenvalue weighted by molar-refractivity contribution is -0.121. The molecule has 0 bridgehead atoms. The first-order chi connectivity index (χ1) is 12.7. The first kappa shape index (κ1) is 21.5. The Kier molecular flexibility index (Phi) is 8.38. The average molecular weight is 395 g/mol. The molecule has 0 aliphatic carbocycles. The minimum atomic E-state index is -0.137. The van der Waals surface area contributed by atoms with Gasteiger partial charge in [0.2, 0.25) is 5.91 Å². The van der Waals surface area contributed by atoms with Crippen LogP contribution in [0.3, 0.4) is 0 Å². The van der Waals surface area contributed by atoms with Gasteiger partial charge in [0.05, 0.1) is 5.92 Å². The van der Waals surface area contributed by atoms with Gasteiger partial charge >= 0.3 is 6.03 Å². The van der Waals surface area contributed by atoms with Crippen molar-refractivity contribution in [3.05, 3.63) is 29.8 Å². The maximum atomic E-state index is 12.8. The van der Waals surface area contributed by atoms with E-state index in [0.29, 0.717) is 6.54 Å². The first-order valence-corrected chi connectivity index (χ1v) is 9.82. The van der Waals surface area contributed by atoms with Crippen molar-refractivity contribution in [3.63, 3.8) is 0 Å². The molecule has 6 nitrogen and oxygen atoms in total. The molecule has 7 heteroatoms. The van der Waals surface area contributed by atoms with Crippen LogP contribution in [0, 0.1) is 5.92 Å². The van der Waals surface area contributed by atoms with Crippen LogP contribution in [0.25, 0.3) is 0 Å². The number of hydrogen-bond acceptors (Lipinski definition) is 3. The van der Waals surface area contributed by atoms with Crippen molar-refractivity contribution in [1.82, 2.24) is 15.1 Å². The van der Waals surface area contributed by atoms with E-state index in [9.17, 15) is 9.59 Å². The molecular weight excluding hydrogens is 364 g/mol. The van der Waals surface area contributed by atoms with E-state index in [4.69, 9.17) is 0 Å². The van der Waals surface area contributed by atoms with Crippen LogP contribution >= 0.6 is 12.4 Å². The number of likely N-dealkylation sites (tertiary alicyclic amines) is 2. The highest BCUT2D eigenvalue weighted by atomic mass is 35.5. The molecule has 0 spiro atoms. The number of urea groups is 1. The minimum absolute atomic E-state index is 0. The van der Waals surface area contributed by atoms with Crippen molar-refractivity contribution in [3.8, 4) is 0 Å². The summed E-state index contributed by atoms with van der Waals surface area (Å²) >= 11 is 0. The van der Waals surface area contributed by atoms with Crippen molar-refractivity contribution in [2.45, 2.75) is 39.2 Å². The number of halogens is 1. The molecule has 3 rings (SSSR count). The van der Waals surface area contributed by atoms with E-state index >= 15 is 0 Å². The van der Waals surface area contributed by atoms with Crippen LogP contribution in [0.5, 0.6) is 0 Å². The summed E-state index contributed by atoms with van der Waals surface area (Å²) in [4.78, 5) is 29.2. The Balaban J connectivity index is 0.00000261. The van der Waals surface area contributed by atoms with Crippen LogP contribution in [0.2, 0.25) is 0 Å². The van der Waals surface area contributed by atoms with Crippen LogP contribution < -0.4 is 10.6 Å². The summed E-state index contributed by atoms with van der Waals surface area (Å²) < 4.78 is 0. The molecule has 1 aromatic rings. The molecule has 2 aliphatic rings. The van der Waals surface area contributed by atoms with Crippen molar-refractivity contribution < 1.29 is 9.59 Å². The number of piperidine rings is 1. The first-order valence-electron chi connectivity index (χ1n) is 9.82. The van der Waals surface area contributed by atoms with Gasteiger partial charge in [-0.25, -0.2) is 4.79 Å². The minimum Gasteiger partial charge on any atom is -0.325 e. The summed E-state index contributed by atoms with van der Waals surface area (Å²) in [7, 11) is 0. The summed E-state index contributed by atoms with van der Waals surface area (Å²) in [5, 5.41) is 6.39. The Hall–Kier alpha value is -1.79. The van der Waals surface area contributed by atoms with Crippen LogP contribution in [-0.4, -0.2) is 54.5 Å². The second-order valence-electron chi connectivity index (χ2n) is 7.19. The van der Waals surface area contributed by atoms with E-state index in [1.165, 1.54) is 0 Å². The van der Waals surface area contributed by atoms with Gasteiger partial charge in [0, 0.05) is 38.4 Å². The summed E-state index contributed by atoms with van der Waals surface area (Å²) in [5.41, 5.74) is 1.95. The summed E-state index contributed by atoms with van der Waals surface area (Å²) in [6.07, 6.45) is 3.90. The van der Waals surface area contributed by atoms with E-state index in [2.05, 4.69) is 17.6 Å². The number of nitrogens with one attached hydrogen (secondary N) is 2. The number of para-hydroxylation sites is 1. The van der Waals surface area contributed by atoms with Gasteiger partial charge in [0.15, 0.2) is 0 Å². The fraction of sp³-hybridized carbons (Fsp3) is 0.600. The molecule has 2 saturated heterocycles. The molecule has 1 aromatic carbocycles. The lowest BCUT2D eigenvalue weighted by Gasteiger charge is -2.34. The summed E-state index contributed by atoms with van der Waals surface area (Å²) in [5.74, 6) is -0.115. The lowest BCUT2D eigenvalue weighted by atomic mass is 9.97. The molecule has 0 aromatic heterocycles. The maximum Gasteiger partial charge on any atom is 0.320 e. The van der Waals surface area contributed by atoms with Gasteiger partial charge in [-0.3, -0.25) is 4.79 Å². The number of carbonyl (C=O) groups is 2. The smallest absolute Gasteiger partial charge is 0.320 e. The molecule has 2 fully saturated rings. The zero-order valence-corrected chi connectivity index (χ0v) is 16.9. The van der Waals surface area contributed by atoms with E-state index in [1.54, 1.807) is 0 Å². The number of carbonyl (C=O) groups excluding carboxylic acids is 2. The fourth-order valence-corrected chi connectivity index (χ4v) is 3.76. The van der Waals surface area contributed by atoms with Crippen LogP contribution in [0.1, 0.15) is 38.2 Å². The highest BCUT2D eigenvalue weighted by Gasteiger charge is 2.31. The number of anilines is 1. The second kappa shape index (κ2) is 10.5. The third-order valence-electron chi connectivity index (χ3n) is 5.28. The number of amides is 3. The predicted octanol–water partition coefficient (Wildman–Crippen LogP) is 3.08. The standard InChI is InChI=1S/C20H30N4O2.ClH/c1-2-21-14-16-8-3-4-10-18(16)22-19(25)17-9-7-13-24(15-17)20(26)23-11-5-6-12-23;/h3-4,8,10,17,21H,2,5-7,9,11-15H2,1H3,(H,22,25);1H. The third-order valence-corrected chi connectivity index (χ3v) is 5.28. The van der Waals surface area contributed by atoms with Gasteiger partial charge in [-0.2, -0.15) is 0 Å². The molecule has 3 amide bonds. The van der Waals surface area contributed by atoms with Gasteiger partial charge in [-0.05, 0) is 43.9 Å². The summed E-state index contributed by atoms with van der Waals surface area (Å²) in [6.45, 7) is 6.67. The van der Waals surface area contributed by atoms with E-state index in [-0.39, 0.29) is 30.3 Å². The Morgan fingerprint density at radius 1 is 1.07 bits per heavy atom. The van der Waals surface area contributed by atoms with Crippen LogP contribution in [0.15, 0.2) is 24.3 Å². The molecule has 2 aliphatic heterocycles. The lowest BCUT2D eigenvalue weighted by Crippen LogP contribution is -2.48. The molecule has 2 heterocycles. The summed E-state index contributed by atoms with van der Waals surface area (Å²) in [6, 6.07) is 8.00. The van der Waals surface area contributed by atoms with Crippen molar-refractivity contribution in [2.75, 3.05) is 38.0 Å². The maximum absolute atomic E-state index is 12.8. The Labute approximate surface area is 168 Å². The van der Waals surface area contributed by atoms with E-state index in [0.717, 1.165) is 69.7 Å². The highest BCUT2D eigenvalue weighted by Crippen LogP contribution is 2.22. The Bertz CT molecular complexity index is 634. The molecule has 1 atom stereocenters. The van der Waals surface area contributed by atoms with Crippen LogP contribution in [0.4, 0.5) is 10.5 Å². The van der Waals surface area contributed by atoms with Crippen molar-refractivity contribution >= 4 is 30.0 Å². The number of hydrogen-bond donors (Lipinski definition) is 2. The topological polar surface area (TPSA) is 64.7 Å². The fourth-order valence-electron chi connectivity index (χ4n) is 3.76. The highest BCUT2D eigenvalue weighted by molar-refractivity contribution is 5.93. The number of rotatable bonds is 5. The van der Waals surface area contributed by atoms with Gasteiger partial charge in [-0.15, -0.1) is 12.4 Å². The quantitative estimate of drug-likeness (QED) is 0.806. The predicted molar refractivity (Wildman–Crippen MR) is 110 cm³/mol. The average Bonchev–Trinajstić information content (AvgIpc) is 3.21. The molecule has 150 valence electrons.